The van der Waals surface area contributed by atoms with E-state index in [-0.39, 0.29) is 42.9 Å². The summed E-state index contributed by atoms with van der Waals surface area (Å²) in [7, 11) is 0. The van der Waals surface area contributed by atoms with Gasteiger partial charge in [0.25, 0.3) is 0 Å². The molecule has 7 nitrogen and oxygen atoms in total. The van der Waals surface area contributed by atoms with Crippen molar-refractivity contribution in [2.75, 3.05) is 13.2 Å². The molecule has 2 aliphatic carbocycles. The molecule has 1 saturated carbocycles. The summed E-state index contributed by atoms with van der Waals surface area (Å²) >= 11 is 0. The second-order valence-electron chi connectivity index (χ2n) is 9.68. The molecule has 0 bridgehead atoms. The third-order valence-corrected chi connectivity index (χ3v) is 7.33. The number of benzene rings is 2. The zero-order chi connectivity index (χ0) is 24.9. The molecule has 1 fully saturated rings. The Morgan fingerprint density at radius 2 is 1.69 bits per heavy atom. The molecular weight excluding hydrogens is 444 g/mol. The highest BCUT2D eigenvalue weighted by atomic mass is 16.5. The lowest BCUT2D eigenvalue weighted by molar-refractivity contribution is -0.140. The lowest BCUT2D eigenvalue weighted by Crippen LogP contribution is -2.40. The molecule has 2 N–H and O–H groups in total. The highest BCUT2D eigenvalue weighted by Crippen LogP contribution is 2.44. The van der Waals surface area contributed by atoms with Gasteiger partial charge in [-0.15, -0.1) is 0 Å². The van der Waals surface area contributed by atoms with E-state index in [4.69, 9.17) is 9.84 Å². The van der Waals surface area contributed by atoms with Crippen LogP contribution in [0.5, 0.6) is 0 Å². The molecule has 2 aromatic carbocycles. The molecule has 35 heavy (non-hydrogen) atoms. The summed E-state index contributed by atoms with van der Waals surface area (Å²) in [5.74, 6) is -0.729. The number of alkyl carbamates (subject to hydrolysis) is 1. The van der Waals surface area contributed by atoms with Crippen molar-refractivity contribution < 1.29 is 24.2 Å². The van der Waals surface area contributed by atoms with Gasteiger partial charge in [0.2, 0.25) is 5.91 Å². The van der Waals surface area contributed by atoms with Gasteiger partial charge in [0, 0.05) is 31.0 Å². The number of carboxylic acids is 1. The van der Waals surface area contributed by atoms with Crippen LogP contribution in [-0.2, 0) is 14.3 Å². The number of carbonyl (C=O) groups excluding carboxylic acids is 2. The molecule has 0 spiro atoms. The van der Waals surface area contributed by atoms with Crippen LogP contribution in [0.4, 0.5) is 4.79 Å². The van der Waals surface area contributed by atoms with Crippen molar-refractivity contribution >= 4 is 18.0 Å². The second kappa shape index (κ2) is 10.9. The van der Waals surface area contributed by atoms with E-state index in [1.165, 1.54) is 22.3 Å². The zero-order valence-corrected chi connectivity index (χ0v) is 20.4. The number of fused-ring (bicyclic) bond motifs is 3. The number of rotatable bonds is 9. The average molecular weight is 479 g/mol. The van der Waals surface area contributed by atoms with Crippen molar-refractivity contribution in [3.63, 3.8) is 0 Å². The van der Waals surface area contributed by atoms with Gasteiger partial charge in [-0.05, 0) is 61.3 Å². The summed E-state index contributed by atoms with van der Waals surface area (Å²) < 4.78 is 5.66. The van der Waals surface area contributed by atoms with Crippen LogP contribution in [0.2, 0.25) is 0 Å². The Morgan fingerprint density at radius 3 is 2.29 bits per heavy atom. The lowest BCUT2D eigenvalue weighted by Gasteiger charge is -2.28. The van der Waals surface area contributed by atoms with Gasteiger partial charge in [0.15, 0.2) is 0 Å². The monoisotopic (exact) mass is 478 g/mol. The number of aliphatic carboxylic acids is 1. The molecule has 3 unspecified atom stereocenters. The molecule has 0 aromatic heterocycles. The van der Waals surface area contributed by atoms with Gasteiger partial charge in [-0.1, -0.05) is 48.5 Å². The summed E-state index contributed by atoms with van der Waals surface area (Å²) in [6, 6.07) is 16.1. The van der Waals surface area contributed by atoms with Crippen LogP contribution < -0.4 is 5.32 Å². The molecule has 0 saturated heterocycles. The second-order valence-corrected chi connectivity index (χ2v) is 9.68. The zero-order valence-electron chi connectivity index (χ0n) is 20.4. The average Bonchev–Trinajstić information content (AvgIpc) is 3.39. The predicted molar refractivity (Wildman–Crippen MR) is 133 cm³/mol. The largest absolute Gasteiger partial charge is 0.481 e. The SMILES string of the molecule is CCN(C(=O)CC1CCC(NC(=O)OCC2c3ccccc3-c3ccccc32)C1)C(C)CC(=O)O. The van der Waals surface area contributed by atoms with Crippen LogP contribution in [0.1, 0.15) is 63.0 Å². The minimum atomic E-state index is -0.906. The van der Waals surface area contributed by atoms with Gasteiger partial charge in [0.05, 0.1) is 6.42 Å². The molecule has 0 radical (unpaired) electrons. The Labute approximate surface area is 206 Å². The van der Waals surface area contributed by atoms with Gasteiger partial charge >= 0.3 is 12.1 Å². The molecule has 2 amide bonds. The Balaban J connectivity index is 1.27. The van der Waals surface area contributed by atoms with Crippen molar-refractivity contribution in [3.8, 4) is 11.1 Å². The number of nitrogens with one attached hydrogen (secondary N) is 1. The van der Waals surface area contributed by atoms with Crippen molar-refractivity contribution in [1.29, 1.82) is 0 Å². The fraction of sp³-hybridized carbons (Fsp3) is 0.464. The minimum absolute atomic E-state index is 0.0185. The van der Waals surface area contributed by atoms with Crippen LogP contribution in [0.3, 0.4) is 0 Å². The van der Waals surface area contributed by atoms with Crippen LogP contribution in [0.15, 0.2) is 48.5 Å². The van der Waals surface area contributed by atoms with E-state index in [9.17, 15) is 14.4 Å². The van der Waals surface area contributed by atoms with E-state index in [2.05, 4.69) is 29.6 Å². The molecule has 0 aliphatic heterocycles. The van der Waals surface area contributed by atoms with Gasteiger partial charge in [0.1, 0.15) is 6.61 Å². The van der Waals surface area contributed by atoms with Crippen LogP contribution >= 0.6 is 0 Å². The van der Waals surface area contributed by atoms with Crippen molar-refractivity contribution in [2.24, 2.45) is 5.92 Å². The predicted octanol–water partition coefficient (Wildman–Crippen LogP) is 4.80. The summed E-state index contributed by atoms with van der Waals surface area (Å²) in [6.07, 6.45) is 2.27. The summed E-state index contributed by atoms with van der Waals surface area (Å²) in [4.78, 5) is 38.0. The van der Waals surface area contributed by atoms with Gasteiger partial charge in [-0.3, -0.25) is 9.59 Å². The fourth-order valence-corrected chi connectivity index (χ4v) is 5.66. The molecule has 3 atom stereocenters. The highest BCUT2D eigenvalue weighted by Gasteiger charge is 2.32. The number of amides is 2. The Bertz CT molecular complexity index is 1040. The summed E-state index contributed by atoms with van der Waals surface area (Å²) in [5, 5.41) is 12.0. The van der Waals surface area contributed by atoms with Gasteiger partial charge in [-0.25, -0.2) is 4.79 Å². The quantitative estimate of drug-likeness (QED) is 0.540. The van der Waals surface area contributed by atoms with Crippen molar-refractivity contribution in [1.82, 2.24) is 10.2 Å². The number of nitrogens with zero attached hydrogens (tertiary/aromatic N) is 1. The molecule has 4 rings (SSSR count). The van der Waals surface area contributed by atoms with E-state index in [1.807, 2.05) is 31.2 Å². The third-order valence-electron chi connectivity index (χ3n) is 7.33. The van der Waals surface area contributed by atoms with Crippen molar-refractivity contribution in [3.05, 3.63) is 59.7 Å². The minimum Gasteiger partial charge on any atom is -0.481 e. The summed E-state index contributed by atoms with van der Waals surface area (Å²) in [6.45, 7) is 4.40. The first-order chi connectivity index (χ1) is 16.9. The number of hydrogen-bond acceptors (Lipinski definition) is 4. The van der Waals surface area contributed by atoms with E-state index < -0.39 is 12.1 Å². The Morgan fingerprint density at radius 1 is 1.06 bits per heavy atom. The fourth-order valence-electron chi connectivity index (χ4n) is 5.66. The first kappa shape index (κ1) is 24.8. The smallest absolute Gasteiger partial charge is 0.407 e. The van der Waals surface area contributed by atoms with Gasteiger partial charge < -0.3 is 20.1 Å². The van der Waals surface area contributed by atoms with Crippen molar-refractivity contribution in [2.45, 2.75) is 64.0 Å². The molecule has 186 valence electrons. The maximum absolute atomic E-state index is 12.8. The Kier molecular flexibility index (Phi) is 7.73. The van der Waals surface area contributed by atoms with E-state index in [0.29, 0.717) is 13.0 Å². The maximum Gasteiger partial charge on any atom is 0.407 e. The highest BCUT2D eigenvalue weighted by molar-refractivity contribution is 5.79. The number of ether oxygens (including phenoxy) is 1. The first-order valence-electron chi connectivity index (χ1n) is 12.5. The topological polar surface area (TPSA) is 95.9 Å². The standard InChI is InChI=1S/C28H34N2O5/c1-3-30(18(2)14-27(32)33)26(31)16-19-12-13-20(15-19)29-28(34)35-17-25-23-10-6-4-8-21(23)22-9-5-7-11-24(22)25/h4-11,18-20,25H,3,12-17H2,1-2H3,(H,29,34)(H,32,33). The van der Waals surface area contributed by atoms with Crippen LogP contribution in [-0.4, -0.2) is 53.2 Å². The molecule has 7 heteroatoms. The van der Waals surface area contributed by atoms with Gasteiger partial charge in [-0.2, -0.15) is 0 Å². The molecule has 2 aliphatic rings. The number of carbonyl (C=O) groups is 3. The van der Waals surface area contributed by atoms with Crippen LogP contribution in [0, 0.1) is 5.92 Å². The summed E-state index contributed by atoms with van der Waals surface area (Å²) in [5.41, 5.74) is 4.75. The molecule has 2 aromatic rings. The van der Waals surface area contributed by atoms with E-state index >= 15 is 0 Å². The normalized spacial score (nSPS) is 19.5. The van der Waals surface area contributed by atoms with E-state index in [0.717, 1.165) is 19.3 Å². The number of carboxylic acid groups (broad SMARTS) is 1. The molecular formula is C28H34N2O5. The Hall–Kier alpha value is -3.35. The third kappa shape index (κ3) is 5.66. The maximum atomic E-state index is 12.8. The first-order valence-corrected chi connectivity index (χ1v) is 12.5. The lowest BCUT2D eigenvalue weighted by atomic mass is 9.98. The van der Waals surface area contributed by atoms with Crippen LogP contribution in [0.25, 0.3) is 11.1 Å². The molecule has 0 heterocycles. The van der Waals surface area contributed by atoms with E-state index in [1.54, 1.807) is 11.8 Å². The number of hydrogen-bond donors (Lipinski definition) is 2.